The summed E-state index contributed by atoms with van der Waals surface area (Å²) >= 11 is 1.75. The topological polar surface area (TPSA) is 25.8 Å². The quantitative estimate of drug-likeness (QED) is 0.304. The van der Waals surface area contributed by atoms with Crippen molar-refractivity contribution in [1.29, 1.82) is 0 Å². The molecule has 3 heteroatoms. The van der Waals surface area contributed by atoms with Gasteiger partial charge in [-0.25, -0.2) is 4.98 Å². The van der Waals surface area contributed by atoms with Crippen LogP contribution in [0.3, 0.4) is 0 Å². The van der Waals surface area contributed by atoms with Crippen LogP contribution >= 0.6 is 11.3 Å². The molecule has 0 bridgehead atoms. The Labute approximate surface area is 180 Å². The monoisotopic (exact) mass is 406 g/mol. The maximum absolute atomic E-state index is 5.00. The van der Waals surface area contributed by atoms with Crippen LogP contribution in [0.25, 0.3) is 43.2 Å². The fourth-order valence-electron chi connectivity index (χ4n) is 3.68. The van der Waals surface area contributed by atoms with Crippen LogP contribution in [-0.4, -0.2) is 9.97 Å². The Bertz CT molecular complexity index is 1310. The minimum absolute atomic E-state index is 0.466. The zero-order chi connectivity index (χ0) is 20.5. The van der Waals surface area contributed by atoms with E-state index < -0.39 is 0 Å². The Morgan fingerprint density at radius 2 is 1.43 bits per heavy atom. The van der Waals surface area contributed by atoms with Gasteiger partial charge in [0.05, 0.1) is 15.9 Å². The number of rotatable bonds is 4. The standard InChI is InChI=1S/C27H22N2S/c1-18(2)21-13-14-28-24(16-21)22-15-23(19-9-5-3-6-10-19)26-25(17-22)29-27(30-26)20-11-7-4-8-12-20/h3-18H,1-2H3. The molecule has 0 amide bonds. The van der Waals surface area contributed by atoms with Gasteiger partial charge in [-0.3, -0.25) is 4.98 Å². The molecule has 0 atom stereocenters. The summed E-state index contributed by atoms with van der Waals surface area (Å²) in [5.41, 5.74) is 7.98. The van der Waals surface area contributed by atoms with Gasteiger partial charge in [-0.15, -0.1) is 11.3 Å². The second-order valence-corrected chi connectivity index (χ2v) is 8.75. The molecule has 5 rings (SSSR count). The van der Waals surface area contributed by atoms with Crippen LogP contribution < -0.4 is 0 Å². The van der Waals surface area contributed by atoms with Gasteiger partial charge in [0.1, 0.15) is 5.01 Å². The van der Waals surface area contributed by atoms with Gasteiger partial charge in [0.15, 0.2) is 0 Å². The zero-order valence-corrected chi connectivity index (χ0v) is 17.9. The van der Waals surface area contributed by atoms with Crippen molar-refractivity contribution in [1.82, 2.24) is 9.97 Å². The van der Waals surface area contributed by atoms with Crippen LogP contribution in [0.1, 0.15) is 25.3 Å². The smallest absolute Gasteiger partial charge is 0.124 e. The molecule has 30 heavy (non-hydrogen) atoms. The Morgan fingerprint density at radius 1 is 0.733 bits per heavy atom. The van der Waals surface area contributed by atoms with Gasteiger partial charge in [0, 0.05) is 22.9 Å². The third-order valence-corrected chi connectivity index (χ3v) is 6.50. The summed E-state index contributed by atoms with van der Waals surface area (Å²) in [5, 5.41) is 1.05. The summed E-state index contributed by atoms with van der Waals surface area (Å²) in [6.07, 6.45) is 1.91. The zero-order valence-electron chi connectivity index (χ0n) is 17.0. The summed E-state index contributed by atoms with van der Waals surface area (Å²) in [4.78, 5) is 9.68. The highest BCUT2D eigenvalue weighted by atomic mass is 32.1. The molecule has 0 radical (unpaired) electrons. The van der Waals surface area contributed by atoms with E-state index in [4.69, 9.17) is 4.98 Å². The molecule has 0 aliphatic heterocycles. The van der Waals surface area contributed by atoms with Crippen molar-refractivity contribution in [3.63, 3.8) is 0 Å². The molecule has 5 aromatic rings. The van der Waals surface area contributed by atoms with E-state index in [2.05, 4.69) is 97.7 Å². The van der Waals surface area contributed by atoms with E-state index >= 15 is 0 Å². The molecule has 2 nitrogen and oxygen atoms in total. The van der Waals surface area contributed by atoms with Crippen molar-refractivity contribution in [3.8, 4) is 33.0 Å². The third-order valence-electron chi connectivity index (χ3n) is 5.34. The van der Waals surface area contributed by atoms with Gasteiger partial charge in [0.2, 0.25) is 0 Å². The number of hydrogen-bond acceptors (Lipinski definition) is 3. The molecule has 0 spiro atoms. The largest absolute Gasteiger partial charge is 0.256 e. The van der Waals surface area contributed by atoms with Crippen molar-refractivity contribution in [2.45, 2.75) is 19.8 Å². The highest BCUT2D eigenvalue weighted by molar-refractivity contribution is 7.22. The molecular formula is C27H22N2S. The Balaban J connectivity index is 1.74. The lowest BCUT2D eigenvalue weighted by Crippen LogP contribution is -1.91. The van der Waals surface area contributed by atoms with Gasteiger partial charge in [-0.05, 0) is 41.3 Å². The normalized spacial score (nSPS) is 11.3. The number of benzene rings is 3. The summed E-state index contributed by atoms with van der Waals surface area (Å²) < 4.78 is 1.21. The molecule has 3 aromatic carbocycles. The molecule has 2 heterocycles. The fourth-order valence-corrected chi connectivity index (χ4v) is 4.77. The van der Waals surface area contributed by atoms with Gasteiger partial charge < -0.3 is 0 Å². The highest BCUT2D eigenvalue weighted by Crippen LogP contribution is 2.39. The van der Waals surface area contributed by atoms with E-state index in [0.29, 0.717) is 5.92 Å². The number of nitrogens with zero attached hydrogens (tertiary/aromatic N) is 2. The SMILES string of the molecule is CC(C)c1ccnc(-c2cc(-c3ccccc3)c3sc(-c4ccccc4)nc3c2)c1. The van der Waals surface area contributed by atoms with Gasteiger partial charge in [-0.1, -0.05) is 74.5 Å². The first-order valence-corrected chi connectivity index (χ1v) is 11.0. The van der Waals surface area contributed by atoms with E-state index in [1.807, 2.05) is 12.3 Å². The van der Waals surface area contributed by atoms with E-state index in [9.17, 15) is 0 Å². The molecule has 146 valence electrons. The average Bonchev–Trinajstić information content (AvgIpc) is 3.24. The minimum Gasteiger partial charge on any atom is -0.256 e. The first-order chi connectivity index (χ1) is 14.7. The van der Waals surface area contributed by atoms with E-state index in [-0.39, 0.29) is 0 Å². The molecule has 2 aromatic heterocycles. The van der Waals surface area contributed by atoms with E-state index in [1.165, 1.54) is 21.4 Å². The second kappa shape index (κ2) is 7.85. The molecule has 0 N–H and O–H groups in total. The molecule has 0 aliphatic rings. The van der Waals surface area contributed by atoms with Crippen molar-refractivity contribution in [2.24, 2.45) is 0 Å². The molecule has 0 saturated carbocycles. The third kappa shape index (κ3) is 3.53. The highest BCUT2D eigenvalue weighted by Gasteiger charge is 2.15. The predicted molar refractivity (Wildman–Crippen MR) is 128 cm³/mol. The lowest BCUT2D eigenvalue weighted by Gasteiger charge is -2.10. The first-order valence-electron chi connectivity index (χ1n) is 10.2. The Morgan fingerprint density at radius 3 is 2.13 bits per heavy atom. The van der Waals surface area contributed by atoms with Crippen molar-refractivity contribution < 1.29 is 0 Å². The Hall–Kier alpha value is -3.30. The molecule has 0 saturated heterocycles. The van der Waals surface area contributed by atoms with Crippen LogP contribution in [0.2, 0.25) is 0 Å². The minimum atomic E-state index is 0.466. The van der Waals surface area contributed by atoms with Crippen LogP contribution in [0.15, 0.2) is 91.1 Å². The van der Waals surface area contributed by atoms with Crippen molar-refractivity contribution in [2.75, 3.05) is 0 Å². The number of fused-ring (bicyclic) bond motifs is 1. The van der Waals surface area contributed by atoms with Crippen LogP contribution in [-0.2, 0) is 0 Å². The summed E-state index contributed by atoms with van der Waals surface area (Å²) in [5.74, 6) is 0.466. The summed E-state index contributed by atoms with van der Waals surface area (Å²) in [6.45, 7) is 4.43. The molecular weight excluding hydrogens is 384 g/mol. The fraction of sp³-hybridized carbons (Fsp3) is 0.111. The van der Waals surface area contributed by atoms with Gasteiger partial charge >= 0.3 is 0 Å². The van der Waals surface area contributed by atoms with Gasteiger partial charge in [0.25, 0.3) is 0 Å². The van der Waals surface area contributed by atoms with Crippen LogP contribution in [0, 0.1) is 0 Å². The number of thiazole rings is 1. The average molecular weight is 407 g/mol. The summed E-state index contributed by atoms with van der Waals surface area (Å²) in [7, 11) is 0. The number of hydrogen-bond donors (Lipinski definition) is 0. The van der Waals surface area contributed by atoms with E-state index in [0.717, 1.165) is 27.3 Å². The lowest BCUT2D eigenvalue weighted by atomic mass is 9.98. The number of pyridine rings is 1. The van der Waals surface area contributed by atoms with E-state index in [1.54, 1.807) is 11.3 Å². The van der Waals surface area contributed by atoms with Crippen molar-refractivity contribution >= 4 is 21.6 Å². The maximum Gasteiger partial charge on any atom is 0.124 e. The predicted octanol–water partition coefficient (Wildman–Crippen LogP) is 7.82. The first kappa shape index (κ1) is 18.7. The molecule has 0 fully saturated rings. The maximum atomic E-state index is 5.00. The summed E-state index contributed by atoms with van der Waals surface area (Å²) in [6, 6.07) is 29.7. The van der Waals surface area contributed by atoms with Crippen LogP contribution in [0.5, 0.6) is 0 Å². The van der Waals surface area contributed by atoms with Crippen molar-refractivity contribution in [3.05, 3.63) is 96.7 Å². The molecule has 0 aliphatic carbocycles. The number of aromatic nitrogens is 2. The van der Waals surface area contributed by atoms with Gasteiger partial charge in [-0.2, -0.15) is 0 Å². The lowest BCUT2D eigenvalue weighted by molar-refractivity contribution is 0.864. The molecule has 0 unspecified atom stereocenters. The van der Waals surface area contributed by atoms with Crippen LogP contribution in [0.4, 0.5) is 0 Å². The Kier molecular flexibility index (Phi) is 4.89. The second-order valence-electron chi connectivity index (χ2n) is 7.75.